The topological polar surface area (TPSA) is 60.2 Å². The van der Waals surface area contributed by atoms with E-state index in [9.17, 15) is 4.79 Å². The quantitative estimate of drug-likeness (QED) is 0.794. The number of carbonyl (C=O) groups is 1. The number of fused-ring (bicyclic) bond motifs is 3. The number of hydrogen-bond acceptors (Lipinski definition) is 4. The standard InChI is InChI=1S/C13H10N2O3/c1-17-10-5-8-7-3-4-14-13(16)12(7)15-9(8)6-11(10)18-2/h3-6H,1-2H3. The van der Waals surface area contributed by atoms with E-state index in [1.807, 2.05) is 6.07 Å². The second-order valence-corrected chi connectivity index (χ2v) is 3.85. The lowest BCUT2D eigenvalue weighted by molar-refractivity contribution is -0.111. The molecule has 18 heavy (non-hydrogen) atoms. The Kier molecular flexibility index (Phi) is 2.26. The van der Waals surface area contributed by atoms with Gasteiger partial charge in [0.25, 0.3) is 5.91 Å². The van der Waals surface area contributed by atoms with Crippen molar-refractivity contribution in [2.24, 2.45) is 9.98 Å². The molecule has 2 heterocycles. The normalized spacial score (nSPS) is 15.8. The van der Waals surface area contributed by atoms with Crippen LogP contribution in [-0.4, -0.2) is 32.1 Å². The molecular weight excluding hydrogens is 232 g/mol. The fraction of sp³-hybridized carbons (Fsp3) is 0.154. The van der Waals surface area contributed by atoms with Crippen molar-refractivity contribution in [1.82, 2.24) is 0 Å². The number of carbonyl (C=O) groups excluding carboxylic acids is 1. The first kappa shape index (κ1) is 10.7. The van der Waals surface area contributed by atoms with Crippen LogP contribution >= 0.6 is 0 Å². The molecule has 3 rings (SSSR count). The summed E-state index contributed by atoms with van der Waals surface area (Å²) in [6.45, 7) is 0. The minimum Gasteiger partial charge on any atom is -0.493 e. The summed E-state index contributed by atoms with van der Waals surface area (Å²) in [5.74, 6) is 0.887. The maximum absolute atomic E-state index is 11.6. The first-order valence-corrected chi connectivity index (χ1v) is 5.38. The van der Waals surface area contributed by atoms with Gasteiger partial charge in [0.15, 0.2) is 11.5 Å². The second-order valence-electron chi connectivity index (χ2n) is 3.85. The summed E-state index contributed by atoms with van der Waals surface area (Å²) in [4.78, 5) is 19.6. The molecule has 2 aliphatic rings. The zero-order chi connectivity index (χ0) is 12.7. The number of rotatable bonds is 2. The van der Waals surface area contributed by atoms with Gasteiger partial charge in [-0.2, -0.15) is 0 Å². The average molecular weight is 242 g/mol. The Morgan fingerprint density at radius 3 is 2.56 bits per heavy atom. The summed E-state index contributed by atoms with van der Waals surface area (Å²) in [5.41, 5.74) is 2.73. The Morgan fingerprint density at radius 1 is 1.11 bits per heavy atom. The molecule has 0 bridgehead atoms. The van der Waals surface area contributed by atoms with Crippen LogP contribution in [0.4, 0.5) is 5.69 Å². The molecule has 0 unspecified atom stereocenters. The highest BCUT2D eigenvalue weighted by Crippen LogP contribution is 2.42. The molecule has 0 N–H and O–H groups in total. The molecule has 0 saturated heterocycles. The summed E-state index contributed by atoms with van der Waals surface area (Å²) in [6, 6.07) is 3.58. The lowest BCUT2D eigenvalue weighted by atomic mass is 10.0. The molecule has 5 heteroatoms. The SMILES string of the molecule is COc1cc2c(cc1OC)C1=CC=NC(=O)C1=N2. The molecule has 1 aromatic rings. The lowest BCUT2D eigenvalue weighted by Gasteiger charge is -2.10. The fourth-order valence-electron chi connectivity index (χ4n) is 2.06. The van der Waals surface area contributed by atoms with E-state index >= 15 is 0 Å². The van der Waals surface area contributed by atoms with Crippen molar-refractivity contribution in [3.63, 3.8) is 0 Å². The van der Waals surface area contributed by atoms with Crippen LogP contribution in [0.3, 0.4) is 0 Å². The Bertz CT molecular complexity index is 642. The number of nitrogens with zero attached hydrogens (tertiary/aromatic N) is 2. The molecule has 5 nitrogen and oxygen atoms in total. The van der Waals surface area contributed by atoms with E-state index in [0.717, 1.165) is 11.1 Å². The molecule has 2 aliphatic heterocycles. The van der Waals surface area contributed by atoms with Crippen molar-refractivity contribution in [2.75, 3.05) is 14.2 Å². The molecule has 90 valence electrons. The number of allylic oxidation sites excluding steroid dienone is 1. The Morgan fingerprint density at radius 2 is 1.83 bits per heavy atom. The monoisotopic (exact) mass is 242 g/mol. The summed E-state index contributed by atoms with van der Waals surface area (Å²) >= 11 is 0. The van der Waals surface area contributed by atoms with Crippen molar-refractivity contribution in [2.45, 2.75) is 0 Å². The van der Waals surface area contributed by atoms with Crippen LogP contribution in [-0.2, 0) is 4.79 Å². The zero-order valence-corrected chi connectivity index (χ0v) is 9.93. The third-order valence-electron chi connectivity index (χ3n) is 2.91. The van der Waals surface area contributed by atoms with Gasteiger partial charge in [0.05, 0.1) is 19.9 Å². The Labute approximate surface area is 103 Å². The molecule has 0 atom stereocenters. The number of ether oxygens (including phenoxy) is 2. The van der Waals surface area contributed by atoms with E-state index in [-0.39, 0.29) is 5.91 Å². The third-order valence-corrected chi connectivity index (χ3v) is 2.91. The van der Waals surface area contributed by atoms with E-state index in [1.165, 1.54) is 6.21 Å². The fourth-order valence-corrected chi connectivity index (χ4v) is 2.06. The van der Waals surface area contributed by atoms with Gasteiger partial charge in [-0.1, -0.05) is 0 Å². The minimum absolute atomic E-state index is 0.318. The molecule has 0 radical (unpaired) electrons. The van der Waals surface area contributed by atoms with Gasteiger partial charge >= 0.3 is 0 Å². The third kappa shape index (κ3) is 1.37. The van der Waals surface area contributed by atoms with Gasteiger partial charge in [0.2, 0.25) is 0 Å². The maximum atomic E-state index is 11.6. The molecule has 0 saturated carbocycles. The highest BCUT2D eigenvalue weighted by Gasteiger charge is 2.29. The van der Waals surface area contributed by atoms with Crippen LogP contribution in [0.15, 0.2) is 28.2 Å². The van der Waals surface area contributed by atoms with Gasteiger partial charge < -0.3 is 9.47 Å². The highest BCUT2D eigenvalue weighted by atomic mass is 16.5. The lowest BCUT2D eigenvalue weighted by Crippen LogP contribution is -2.13. The first-order valence-electron chi connectivity index (χ1n) is 5.38. The average Bonchev–Trinajstić information content (AvgIpc) is 2.76. The van der Waals surface area contributed by atoms with Gasteiger partial charge in [-0.05, 0) is 12.1 Å². The first-order chi connectivity index (χ1) is 8.74. The smallest absolute Gasteiger partial charge is 0.296 e. The predicted molar refractivity (Wildman–Crippen MR) is 68.1 cm³/mol. The van der Waals surface area contributed by atoms with Crippen LogP contribution in [0.25, 0.3) is 5.57 Å². The Hall–Kier alpha value is -2.43. The summed E-state index contributed by atoms with van der Waals surface area (Å²) in [5, 5.41) is 0. The van der Waals surface area contributed by atoms with Crippen molar-refractivity contribution in [3.05, 3.63) is 23.8 Å². The number of dihydropyridines is 1. The van der Waals surface area contributed by atoms with E-state index in [4.69, 9.17) is 9.47 Å². The number of benzene rings is 1. The van der Waals surface area contributed by atoms with Crippen LogP contribution < -0.4 is 9.47 Å². The molecule has 0 fully saturated rings. The van der Waals surface area contributed by atoms with Crippen LogP contribution in [0.2, 0.25) is 0 Å². The van der Waals surface area contributed by atoms with E-state index in [2.05, 4.69) is 9.98 Å². The molecular formula is C13H10N2O3. The maximum Gasteiger partial charge on any atom is 0.296 e. The van der Waals surface area contributed by atoms with E-state index < -0.39 is 0 Å². The Balaban J connectivity index is 2.20. The van der Waals surface area contributed by atoms with E-state index in [0.29, 0.717) is 22.9 Å². The van der Waals surface area contributed by atoms with Gasteiger partial charge in [0, 0.05) is 23.4 Å². The van der Waals surface area contributed by atoms with Crippen molar-refractivity contribution in [3.8, 4) is 11.5 Å². The molecule has 1 aromatic carbocycles. The van der Waals surface area contributed by atoms with Crippen molar-refractivity contribution >= 4 is 29.1 Å². The number of aliphatic imine (C=N–C) groups is 2. The number of amides is 1. The van der Waals surface area contributed by atoms with Crippen LogP contribution in [0.5, 0.6) is 11.5 Å². The molecule has 1 amide bonds. The van der Waals surface area contributed by atoms with Gasteiger partial charge in [-0.3, -0.25) is 4.79 Å². The molecule has 0 aromatic heterocycles. The summed E-state index contributed by atoms with van der Waals surface area (Å²) < 4.78 is 10.5. The van der Waals surface area contributed by atoms with Gasteiger partial charge in [0.1, 0.15) is 5.71 Å². The molecule has 0 aliphatic carbocycles. The summed E-state index contributed by atoms with van der Waals surface area (Å²) in [7, 11) is 3.13. The van der Waals surface area contributed by atoms with Gasteiger partial charge in [-0.15, -0.1) is 0 Å². The van der Waals surface area contributed by atoms with Gasteiger partial charge in [-0.25, -0.2) is 9.98 Å². The highest BCUT2D eigenvalue weighted by molar-refractivity contribution is 6.60. The molecule has 0 spiro atoms. The number of methoxy groups -OCH3 is 2. The van der Waals surface area contributed by atoms with Crippen LogP contribution in [0.1, 0.15) is 5.56 Å². The zero-order valence-electron chi connectivity index (χ0n) is 9.93. The van der Waals surface area contributed by atoms with Crippen molar-refractivity contribution in [1.29, 1.82) is 0 Å². The van der Waals surface area contributed by atoms with Crippen molar-refractivity contribution < 1.29 is 14.3 Å². The minimum atomic E-state index is -0.318. The summed E-state index contributed by atoms with van der Waals surface area (Å²) in [6.07, 6.45) is 3.26. The van der Waals surface area contributed by atoms with E-state index in [1.54, 1.807) is 26.4 Å². The second kappa shape index (κ2) is 3.80. The largest absolute Gasteiger partial charge is 0.493 e. The number of hydrogen-bond donors (Lipinski definition) is 0. The predicted octanol–water partition coefficient (Wildman–Crippen LogP) is 1.78. The van der Waals surface area contributed by atoms with Crippen LogP contribution in [0, 0.1) is 0 Å².